The van der Waals surface area contributed by atoms with Crippen molar-refractivity contribution in [3.63, 3.8) is 0 Å². The van der Waals surface area contributed by atoms with Crippen LogP contribution in [0.25, 0.3) is 0 Å². The molecule has 0 aliphatic carbocycles. The summed E-state index contributed by atoms with van der Waals surface area (Å²) in [6.07, 6.45) is 0.629. The topological polar surface area (TPSA) is 38.8 Å². The van der Waals surface area contributed by atoms with Crippen LogP contribution in [-0.4, -0.2) is 36.8 Å². The van der Waals surface area contributed by atoms with Crippen LogP contribution < -0.4 is 4.74 Å². The summed E-state index contributed by atoms with van der Waals surface area (Å²) in [6.45, 7) is 6.96. The quantitative estimate of drug-likeness (QED) is 0.816. The summed E-state index contributed by atoms with van der Waals surface area (Å²) in [5.74, 6) is 0.839. The molecule has 0 N–H and O–H groups in total. The number of ether oxygens (including phenoxy) is 2. The van der Waals surface area contributed by atoms with Gasteiger partial charge in [0.25, 0.3) is 0 Å². The highest BCUT2D eigenvalue weighted by atomic mass is 16.6. The van der Waals surface area contributed by atoms with Crippen LogP contribution in [0.3, 0.4) is 0 Å². The van der Waals surface area contributed by atoms with E-state index in [1.165, 1.54) is 11.1 Å². The van der Waals surface area contributed by atoms with E-state index in [4.69, 9.17) is 9.47 Å². The molecule has 0 bridgehead atoms. The predicted molar refractivity (Wildman–Crippen MR) is 103 cm³/mol. The molecular formula is C22H27NO3. The van der Waals surface area contributed by atoms with E-state index in [-0.39, 0.29) is 11.5 Å². The van der Waals surface area contributed by atoms with Crippen molar-refractivity contribution in [3.8, 4) is 5.75 Å². The fourth-order valence-electron chi connectivity index (χ4n) is 3.48. The van der Waals surface area contributed by atoms with Gasteiger partial charge in [-0.3, -0.25) is 0 Å². The molecule has 4 nitrogen and oxygen atoms in total. The number of carbonyl (C=O) groups excluding carboxylic acids is 1. The summed E-state index contributed by atoms with van der Waals surface area (Å²) in [7, 11) is 1.68. The Labute approximate surface area is 155 Å². The van der Waals surface area contributed by atoms with Gasteiger partial charge in [0.05, 0.1) is 7.11 Å². The monoisotopic (exact) mass is 353 g/mol. The van der Waals surface area contributed by atoms with Crippen LogP contribution in [0.2, 0.25) is 0 Å². The minimum atomic E-state index is -0.481. The van der Waals surface area contributed by atoms with Gasteiger partial charge in [-0.15, -0.1) is 0 Å². The van der Waals surface area contributed by atoms with Crippen LogP contribution in [0.5, 0.6) is 5.75 Å². The van der Waals surface area contributed by atoms with Crippen molar-refractivity contribution in [2.75, 3.05) is 20.2 Å². The first kappa shape index (κ1) is 18.3. The molecule has 3 rings (SSSR count). The van der Waals surface area contributed by atoms with Crippen molar-refractivity contribution in [2.24, 2.45) is 0 Å². The van der Waals surface area contributed by atoms with Crippen LogP contribution in [-0.2, 0) is 16.6 Å². The van der Waals surface area contributed by atoms with Crippen LogP contribution >= 0.6 is 0 Å². The molecule has 138 valence electrons. The van der Waals surface area contributed by atoms with E-state index < -0.39 is 5.60 Å². The van der Waals surface area contributed by atoms with Gasteiger partial charge in [0.1, 0.15) is 11.4 Å². The van der Waals surface area contributed by atoms with Crippen LogP contribution in [0.4, 0.5) is 4.79 Å². The fourth-order valence-corrected chi connectivity index (χ4v) is 3.48. The molecule has 2 aromatic carbocycles. The van der Waals surface area contributed by atoms with Gasteiger partial charge in [0.2, 0.25) is 0 Å². The van der Waals surface area contributed by atoms with E-state index in [2.05, 4.69) is 36.4 Å². The number of nitrogens with zero attached hydrogens (tertiary/aromatic N) is 1. The second kappa shape index (κ2) is 7.02. The van der Waals surface area contributed by atoms with Gasteiger partial charge in [0.15, 0.2) is 0 Å². The van der Waals surface area contributed by atoms with Crippen molar-refractivity contribution < 1.29 is 14.3 Å². The summed E-state index contributed by atoms with van der Waals surface area (Å²) in [5, 5.41) is 0. The minimum Gasteiger partial charge on any atom is -0.497 e. The van der Waals surface area contributed by atoms with Crippen molar-refractivity contribution >= 4 is 6.09 Å². The summed E-state index contributed by atoms with van der Waals surface area (Å²) >= 11 is 0. The van der Waals surface area contributed by atoms with E-state index >= 15 is 0 Å². The highest BCUT2D eigenvalue weighted by molar-refractivity contribution is 5.70. The van der Waals surface area contributed by atoms with E-state index in [1.807, 2.05) is 39.0 Å². The van der Waals surface area contributed by atoms with Crippen LogP contribution in [0.1, 0.15) is 31.9 Å². The maximum absolute atomic E-state index is 12.4. The lowest BCUT2D eigenvalue weighted by Crippen LogP contribution is -2.62. The summed E-state index contributed by atoms with van der Waals surface area (Å²) in [6, 6.07) is 18.6. The molecule has 1 aliphatic rings. The minimum absolute atomic E-state index is 0.118. The molecule has 26 heavy (non-hydrogen) atoms. The smallest absolute Gasteiger partial charge is 0.410 e. The Morgan fingerprint density at radius 1 is 1.08 bits per heavy atom. The van der Waals surface area contributed by atoms with E-state index in [1.54, 1.807) is 12.0 Å². The number of hydrogen-bond donors (Lipinski definition) is 0. The van der Waals surface area contributed by atoms with E-state index in [0.717, 1.165) is 12.2 Å². The van der Waals surface area contributed by atoms with E-state index in [9.17, 15) is 4.79 Å². The third kappa shape index (κ3) is 4.01. The predicted octanol–water partition coefficient (Wildman–Crippen LogP) is 4.43. The molecule has 0 unspecified atom stereocenters. The number of hydrogen-bond acceptors (Lipinski definition) is 3. The summed E-state index contributed by atoms with van der Waals surface area (Å²) in [4.78, 5) is 14.2. The molecule has 1 heterocycles. The van der Waals surface area contributed by atoms with Gasteiger partial charge in [-0.2, -0.15) is 0 Å². The maximum Gasteiger partial charge on any atom is 0.410 e. The average molecular weight is 353 g/mol. The van der Waals surface area contributed by atoms with Gasteiger partial charge >= 0.3 is 6.09 Å². The summed E-state index contributed by atoms with van der Waals surface area (Å²) < 4.78 is 10.9. The van der Waals surface area contributed by atoms with Crippen molar-refractivity contribution in [1.29, 1.82) is 0 Å². The molecule has 0 radical (unpaired) electrons. The lowest BCUT2D eigenvalue weighted by atomic mass is 9.69. The molecule has 2 aromatic rings. The third-order valence-corrected chi connectivity index (χ3v) is 4.71. The number of methoxy groups -OCH3 is 1. The molecule has 0 saturated carbocycles. The fraction of sp³-hybridized carbons (Fsp3) is 0.409. The van der Waals surface area contributed by atoms with Gasteiger partial charge in [-0.25, -0.2) is 4.79 Å². The number of amides is 1. The van der Waals surface area contributed by atoms with Crippen LogP contribution in [0.15, 0.2) is 54.6 Å². The van der Waals surface area contributed by atoms with Crippen molar-refractivity contribution in [1.82, 2.24) is 4.90 Å². The van der Waals surface area contributed by atoms with Gasteiger partial charge in [-0.1, -0.05) is 42.5 Å². The highest BCUT2D eigenvalue weighted by Gasteiger charge is 2.47. The first-order valence-corrected chi connectivity index (χ1v) is 8.98. The first-order chi connectivity index (χ1) is 12.3. The van der Waals surface area contributed by atoms with E-state index in [0.29, 0.717) is 13.1 Å². The average Bonchev–Trinajstić information content (AvgIpc) is 2.57. The Balaban J connectivity index is 1.84. The molecular weight excluding hydrogens is 326 g/mol. The zero-order valence-electron chi connectivity index (χ0n) is 16.0. The Morgan fingerprint density at radius 2 is 1.77 bits per heavy atom. The largest absolute Gasteiger partial charge is 0.497 e. The zero-order chi connectivity index (χ0) is 18.8. The lowest BCUT2D eigenvalue weighted by molar-refractivity contribution is -0.0100. The Hall–Kier alpha value is -2.49. The number of carbonyl (C=O) groups is 1. The molecule has 0 atom stereocenters. The SMILES string of the molecule is COc1cccc(C2(Cc3ccccc3)CN(C(=O)OC(C)(C)C)C2)c1. The highest BCUT2D eigenvalue weighted by Crippen LogP contribution is 2.39. The van der Waals surface area contributed by atoms with Crippen molar-refractivity contribution in [3.05, 3.63) is 65.7 Å². The molecule has 0 spiro atoms. The second-order valence-electron chi connectivity index (χ2n) is 8.01. The van der Waals surface area contributed by atoms with Crippen LogP contribution in [0, 0.1) is 0 Å². The zero-order valence-corrected chi connectivity index (χ0v) is 16.0. The maximum atomic E-state index is 12.4. The third-order valence-electron chi connectivity index (χ3n) is 4.71. The number of likely N-dealkylation sites (tertiary alicyclic amines) is 1. The van der Waals surface area contributed by atoms with Gasteiger partial charge < -0.3 is 14.4 Å². The number of benzene rings is 2. The molecule has 1 saturated heterocycles. The summed E-state index contributed by atoms with van der Waals surface area (Å²) in [5.41, 5.74) is 1.86. The van der Waals surface area contributed by atoms with Crippen molar-refractivity contribution in [2.45, 2.75) is 38.2 Å². The Kier molecular flexibility index (Phi) is 4.94. The molecule has 0 aromatic heterocycles. The number of rotatable bonds is 4. The normalized spacial score (nSPS) is 15.9. The second-order valence-corrected chi connectivity index (χ2v) is 8.01. The molecule has 1 amide bonds. The molecule has 1 fully saturated rings. The lowest BCUT2D eigenvalue weighted by Gasteiger charge is -2.50. The Bertz CT molecular complexity index is 758. The van der Waals surface area contributed by atoms with Gasteiger partial charge in [0, 0.05) is 18.5 Å². The van der Waals surface area contributed by atoms with Gasteiger partial charge in [-0.05, 0) is 50.5 Å². The first-order valence-electron chi connectivity index (χ1n) is 8.98. The molecule has 4 heteroatoms. The standard InChI is InChI=1S/C22H27NO3/c1-21(2,3)26-20(24)23-15-22(16-23,14-17-9-6-5-7-10-17)18-11-8-12-19(13-18)25-4/h5-13H,14-16H2,1-4H3. The Morgan fingerprint density at radius 3 is 2.38 bits per heavy atom. The molecule has 1 aliphatic heterocycles.